The van der Waals surface area contributed by atoms with Gasteiger partial charge in [-0.05, 0) is 43.5 Å². The molecule has 0 radical (unpaired) electrons. The summed E-state index contributed by atoms with van der Waals surface area (Å²) in [4.78, 5) is 4.39. The van der Waals surface area contributed by atoms with Crippen LogP contribution in [0.1, 0.15) is 25.7 Å². The number of unbranched alkanes of at least 4 members (excludes halogenated alkanes) is 3. The second-order valence-electron chi connectivity index (χ2n) is 5.58. The number of pyridine rings is 1. The van der Waals surface area contributed by atoms with E-state index in [-0.39, 0.29) is 12.4 Å². The van der Waals surface area contributed by atoms with Gasteiger partial charge >= 0.3 is 0 Å². The van der Waals surface area contributed by atoms with E-state index < -0.39 is 0 Å². The van der Waals surface area contributed by atoms with Gasteiger partial charge in [0.15, 0.2) is 18.6 Å². The first-order valence-corrected chi connectivity index (χ1v) is 8.97. The largest absolute Gasteiger partial charge is 1.00 e. The van der Waals surface area contributed by atoms with Crippen LogP contribution in [0.4, 0.5) is 0 Å². The number of aromatic nitrogens is 1. The molecule has 6 nitrogen and oxygen atoms in total. The molecule has 1 aromatic heterocycles. The van der Waals surface area contributed by atoms with Crippen LogP contribution in [0.3, 0.4) is 0 Å². The van der Waals surface area contributed by atoms with Crippen molar-refractivity contribution in [2.45, 2.75) is 25.7 Å². The minimum absolute atomic E-state index is 0. The molecule has 0 aliphatic rings. The molecular weight excluding hydrogens is 385 g/mol. The van der Waals surface area contributed by atoms with Crippen molar-refractivity contribution in [1.29, 1.82) is 5.26 Å². The van der Waals surface area contributed by atoms with Crippen molar-refractivity contribution >= 4 is 17.6 Å². The summed E-state index contributed by atoms with van der Waals surface area (Å²) < 4.78 is 7.39. The highest BCUT2D eigenvalue weighted by Gasteiger charge is 2.03. The average Bonchev–Trinajstić information content (AvgIpc) is 2.66. The maximum Gasteiger partial charge on any atom is 0.261 e. The summed E-state index contributed by atoms with van der Waals surface area (Å²) in [5, 5.41) is 12.1. The molecule has 8 heteroatoms. The van der Waals surface area contributed by atoms with Crippen LogP contribution in [0.5, 0.6) is 5.75 Å². The lowest BCUT2D eigenvalue weighted by Gasteiger charge is -2.06. The fourth-order valence-corrected chi connectivity index (χ4v) is 2.36. The van der Waals surface area contributed by atoms with Crippen LogP contribution in [-0.2, 0) is 0 Å². The summed E-state index contributed by atoms with van der Waals surface area (Å²) in [7, 11) is 0. The van der Waals surface area contributed by atoms with Crippen molar-refractivity contribution in [2.75, 3.05) is 18.6 Å². The molecule has 0 amide bonds. The van der Waals surface area contributed by atoms with E-state index >= 15 is 0 Å². The first kappa shape index (κ1) is 22.6. The topological polar surface area (TPSA) is 73.3 Å². The summed E-state index contributed by atoms with van der Waals surface area (Å²) in [6.07, 6.45) is 9.67. The van der Waals surface area contributed by atoms with E-state index in [0.29, 0.717) is 24.1 Å². The van der Waals surface area contributed by atoms with Crippen molar-refractivity contribution in [1.82, 2.24) is 5.32 Å². The highest BCUT2D eigenvalue weighted by atomic mass is 35.5. The molecule has 1 heterocycles. The lowest BCUT2D eigenvalue weighted by molar-refractivity contribution is -0.640. The molecule has 144 valence electrons. The molecule has 0 saturated heterocycles. The highest BCUT2D eigenvalue weighted by Crippen LogP contribution is 2.15. The number of hydrogen-bond donors (Lipinski definition) is 2. The van der Waals surface area contributed by atoms with Crippen LogP contribution < -0.4 is 32.6 Å². The van der Waals surface area contributed by atoms with Crippen LogP contribution >= 0.6 is 11.6 Å². The number of benzene rings is 1. The first-order chi connectivity index (χ1) is 12.8. The Hall–Kier alpha value is -2.49. The smallest absolute Gasteiger partial charge is 0.261 e. The molecule has 2 rings (SSSR count). The van der Waals surface area contributed by atoms with Crippen molar-refractivity contribution in [3.8, 4) is 11.9 Å². The van der Waals surface area contributed by atoms with Gasteiger partial charge in [0.05, 0.1) is 6.61 Å². The van der Waals surface area contributed by atoms with Crippen LogP contribution in [0, 0.1) is 11.5 Å². The van der Waals surface area contributed by atoms with Gasteiger partial charge in [-0.15, -0.1) is 5.43 Å². The highest BCUT2D eigenvalue weighted by molar-refractivity contribution is 6.30. The molecule has 0 fully saturated rings. The minimum atomic E-state index is 0. The zero-order valence-corrected chi connectivity index (χ0v) is 16.5. The van der Waals surface area contributed by atoms with Gasteiger partial charge in [0, 0.05) is 23.7 Å². The first-order valence-electron chi connectivity index (χ1n) is 8.59. The zero-order valence-electron chi connectivity index (χ0n) is 14.9. The number of ether oxygens (including phenoxy) is 1. The van der Waals surface area contributed by atoms with Crippen LogP contribution in [0.15, 0.2) is 59.9 Å². The predicted octanol–water partition coefficient (Wildman–Crippen LogP) is 0.241. The third kappa shape index (κ3) is 9.69. The molecule has 0 spiro atoms. The van der Waals surface area contributed by atoms with E-state index in [1.165, 1.54) is 0 Å². The number of rotatable bonds is 9. The number of halogens is 2. The third-order valence-corrected chi connectivity index (χ3v) is 3.78. The van der Waals surface area contributed by atoms with Crippen molar-refractivity contribution < 1.29 is 21.8 Å². The average molecular weight is 408 g/mol. The van der Waals surface area contributed by atoms with E-state index in [2.05, 4.69) is 15.7 Å². The Morgan fingerprint density at radius 3 is 2.48 bits per heavy atom. The SMILES string of the molecule is N#CN/C(=N/CCCCCCOc1ccc(Cl)cc1)N[n+]1ccccc1.[Cl-]. The Morgan fingerprint density at radius 1 is 1.07 bits per heavy atom. The molecule has 0 aliphatic carbocycles. The fourth-order valence-electron chi connectivity index (χ4n) is 2.23. The number of hydrogen-bond acceptors (Lipinski definition) is 3. The molecule has 0 saturated carbocycles. The minimum Gasteiger partial charge on any atom is -1.00 e. The number of nitrogens with one attached hydrogen (secondary N) is 2. The van der Waals surface area contributed by atoms with Crippen molar-refractivity contribution in [3.05, 3.63) is 59.9 Å². The Balaban J connectivity index is 0.00000364. The van der Waals surface area contributed by atoms with Gasteiger partial charge in [0.2, 0.25) is 0 Å². The van der Waals surface area contributed by atoms with Crippen molar-refractivity contribution in [2.24, 2.45) is 4.99 Å². The molecular formula is C19H23Cl2N5O. The lowest BCUT2D eigenvalue weighted by Crippen LogP contribution is -3.00. The second-order valence-corrected chi connectivity index (χ2v) is 6.01. The second kappa shape index (κ2) is 13.7. The maximum atomic E-state index is 8.81. The Kier molecular flexibility index (Phi) is 11.4. The molecule has 0 unspecified atom stereocenters. The van der Waals surface area contributed by atoms with Crippen LogP contribution in [0.25, 0.3) is 0 Å². The van der Waals surface area contributed by atoms with Gasteiger partial charge in [-0.3, -0.25) is 5.32 Å². The summed E-state index contributed by atoms with van der Waals surface area (Å²) in [6.45, 7) is 1.35. The van der Waals surface area contributed by atoms with Gasteiger partial charge in [-0.1, -0.05) is 28.8 Å². The summed E-state index contributed by atoms with van der Waals surface area (Å²) in [5.41, 5.74) is 3.02. The Labute approximate surface area is 171 Å². The Morgan fingerprint density at radius 2 is 1.78 bits per heavy atom. The van der Waals surface area contributed by atoms with E-state index in [0.717, 1.165) is 31.4 Å². The molecule has 0 aliphatic heterocycles. The molecule has 1 aromatic carbocycles. The molecule has 2 N–H and O–H groups in total. The van der Waals surface area contributed by atoms with Gasteiger partial charge in [0.25, 0.3) is 5.96 Å². The molecule has 27 heavy (non-hydrogen) atoms. The fraction of sp³-hybridized carbons (Fsp3) is 0.316. The van der Waals surface area contributed by atoms with E-state index in [9.17, 15) is 0 Å². The van der Waals surface area contributed by atoms with E-state index in [4.69, 9.17) is 21.6 Å². The number of nitriles is 1. The number of guanidine groups is 1. The van der Waals surface area contributed by atoms with E-state index in [1.54, 1.807) is 4.68 Å². The third-order valence-electron chi connectivity index (χ3n) is 3.53. The quantitative estimate of drug-likeness (QED) is 0.156. The van der Waals surface area contributed by atoms with Gasteiger partial charge in [0.1, 0.15) is 5.75 Å². The van der Waals surface area contributed by atoms with Gasteiger partial charge in [-0.2, -0.15) is 5.26 Å². The van der Waals surface area contributed by atoms with E-state index in [1.807, 2.05) is 61.1 Å². The Bertz CT molecular complexity index is 717. The monoisotopic (exact) mass is 407 g/mol. The molecule has 2 aromatic rings. The van der Waals surface area contributed by atoms with Crippen LogP contribution in [0.2, 0.25) is 5.02 Å². The standard InChI is InChI=1S/C19H23ClN5O.ClH/c20-17-8-10-18(11-9-17)26-15-7-2-1-4-12-22-19(23-16-21)24-25-13-5-3-6-14-25;/h3,5-6,8-11,13-14H,1-2,4,7,12,15H2,(H2,22,23,24);1H/q+1;/p-1. The lowest BCUT2D eigenvalue weighted by atomic mass is 10.2. The maximum absolute atomic E-state index is 8.81. The van der Waals surface area contributed by atoms with Crippen molar-refractivity contribution in [3.63, 3.8) is 0 Å². The summed E-state index contributed by atoms with van der Waals surface area (Å²) >= 11 is 5.84. The number of nitrogens with zero attached hydrogens (tertiary/aromatic N) is 3. The summed E-state index contributed by atoms with van der Waals surface area (Å²) in [6, 6.07) is 13.1. The molecule has 0 atom stereocenters. The zero-order chi connectivity index (χ0) is 18.5. The summed E-state index contributed by atoms with van der Waals surface area (Å²) in [5.74, 6) is 1.28. The predicted molar refractivity (Wildman–Crippen MR) is 102 cm³/mol. The normalized spacial score (nSPS) is 10.4. The van der Waals surface area contributed by atoms with Crippen LogP contribution in [-0.4, -0.2) is 19.1 Å². The molecule has 0 bridgehead atoms. The van der Waals surface area contributed by atoms with Gasteiger partial charge in [-0.25, -0.2) is 4.99 Å². The van der Waals surface area contributed by atoms with Gasteiger partial charge < -0.3 is 17.1 Å². The number of aliphatic imine (C=N–C) groups is 1.